The van der Waals surface area contributed by atoms with Crippen molar-refractivity contribution in [2.24, 2.45) is 9.36 Å². The first-order valence-corrected chi connectivity index (χ1v) is 6.52. The van der Waals surface area contributed by atoms with Crippen LogP contribution in [0.2, 0.25) is 0 Å². The van der Waals surface area contributed by atoms with E-state index in [1.54, 1.807) is 25.5 Å². The number of hydrogen-bond donors (Lipinski definition) is 0. The molecule has 0 heterocycles. The molecular formula is C7H13BrN2OS. The lowest BCUT2D eigenvalue weighted by Gasteiger charge is -1.94. The van der Waals surface area contributed by atoms with Gasteiger partial charge in [0.15, 0.2) is 0 Å². The molecule has 0 N–H and O–H groups in total. The summed E-state index contributed by atoms with van der Waals surface area (Å²) < 4.78 is 15.8. The maximum Gasteiger partial charge on any atom is 0.136 e. The van der Waals surface area contributed by atoms with Crippen LogP contribution in [-0.4, -0.2) is 22.6 Å². The highest BCUT2D eigenvalue weighted by atomic mass is 79.9. The monoisotopic (exact) mass is 252 g/mol. The van der Waals surface area contributed by atoms with E-state index in [1.807, 2.05) is 6.92 Å². The van der Waals surface area contributed by atoms with Gasteiger partial charge in [-0.05, 0) is 29.8 Å². The average molecular weight is 253 g/mol. The molecule has 0 rings (SSSR count). The molecule has 0 spiro atoms. The van der Waals surface area contributed by atoms with Gasteiger partial charge in [-0.2, -0.15) is 4.36 Å². The van der Waals surface area contributed by atoms with Crippen LogP contribution >= 0.6 is 15.9 Å². The Labute approximate surface area is 82.3 Å². The van der Waals surface area contributed by atoms with E-state index in [1.165, 1.54) is 0 Å². The van der Waals surface area contributed by atoms with Crippen molar-refractivity contribution in [1.82, 2.24) is 0 Å². The second-order valence-corrected chi connectivity index (χ2v) is 5.90. The SMILES string of the molecule is C/C=C(Br)\N=C(/C)N=S(C)(C)=O. The van der Waals surface area contributed by atoms with Gasteiger partial charge in [-0.1, -0.05) is 6.08 Å². The third-order valence-corrected chi connectivity index (χ3v) is 2.20. The van der Waals surface area contributed by atoms with Crippen LogP contribution in [0.1, 0.15) is 13.8 Å². The van der Waals surface area contributed by atoms with E-state index in [2.05, 4.69) is 25.3 Å². The van der Waals surface area contributed by atoms with Crippen molar-refractivity contribution >= 4 is 31.5 Å². The summed E-state index contributed by atoms with van der Waals surface area (Å²) in [6, 6.07) is 0. The zero-order valence-electron chi connectivity index (χ0n) is 7.67. The van der Waals surface area contributed by atoms with Gasteiger partial charge < -0.3 is 0 Å². The van der Waals surface area contributed by atoms with Crippen molar-refractivity contribution < 1.29 is 4.21 Å². The van der Waals surface area contributed by atoms with Crippen LogP contribution in [0.5, 0.6) is 0 Å². The van der Waals surface area contributed by atoms with Gasteiger partial charge in [0.05, 0.1) is 0 Å². The summed E-state index contributed by atoms with van der Waals surface area (Å²) in [6.07, 6.45) is 4.96. The molecule has 12 heavy (non-hydrogen) atoms. The molecule has 3 nitrogen and oxygen atoms in total. The first-order valence-electron chi connectivity index (χ1n) is 3.39. The molecule has 0 bridgehead atoms. The van der Waals surface area contributed by atoms with Crippen molar-refractivity contribution in [2.45, 2.75) is 13.8 Å². The minimum atomic E-state index is -2.08. The van der Waals surface area contributed by atoms with Crippen LogP contribution < -0.4 is 0 Å². The molecule has 0 unspecified atom stereocenters. The third kappa shape index (κ3) is 6.54. The quantitative estimate of drug-likeness (QED) is 0.402. The van der Waals surface area contributed by atoms with Gasteiger partial charge in [0.2, 0.25) is 0 Å². The van der Waals surface area contributed by atoms with Gasteiger partial charge >= 0.3 is 0 Å². The smallest absolute Gasteiger partial charge is 0.136 e. The number of nitrogens with zero attached hydrogens (tertiary/aromatic N) is 2. The van der Waals surface area contributed by atoms with E-state index in [-0.39, 0.29) is 0 Å². The Balaban J connectivity index is 4.76. The van der Waals surface area contributed by atoms with Gasteiger partial charge in [0.25, 0.3) is 0 Å². The van der Waals surface area contributed by atoms with Crippen LogP contribution in [0.15, 0.2) is 20.0 Å². The Kier molecular flexibility index (Phi) is 4.70. The highest BCUT2D eigenvalue weighted by Gasteiger charge is 1.92. The highest BCUT2D eigenvalue weighted by molar-refractivity contribution is 9.11. The second-order valence-electron chi connectivity index (χ2n) is 2.54. The van der Waals surface area contributed by atoms with Crippen molar-refractivity contribution in [1.29, 1.82) is 0 Å². The lowest BCUT2D eigenvalue weighted by atomic mass is 10.7. The fraction of sp³-hybridized carbons (Fsp3) is 0.571. The minimum Gasteiger partial charge on any atom is -0.250 e. The number of rotatable bonds is 1. The summed E-state index contributed by atoms with van der Waals surface area (Å²) in [7, 11) is -2.08. The topological polar surface area (TPSA) is 41.8 Å². The molecule has 0 aliphatic heterocycles. The van der Waals surface area contributed by atoms with E-state index in [0.29, 0.717) is 10.4 Å². The van der Waals surface area contributed by atoms with Crippen LogP contribution in [-0.2, 0) is 9.73 Å². The number of amidine groups is 1. The van der Waals surface area contributed by atoms with Crippen LogP contribution in [0.25, 0.3) is 0 Å². The average Bonchev–Trinajstić information content (AvgIpc) is 1.82. The Morgan fingerprint density at radius 3 is 2.33 bits per heavy atom. The van der Waals surface area contributed by atoms with E-state index in [4.69, 9.17) is 0 Å². The molecule has 0 aromatic carbocycles. The number of allylic oxidation sites excluding steroid dienone is 1. The standard InChI is InChI=1S/C7H13BrN2OS/c1-5-7(8)9-6(2)10-12(3,4)11/h5H,1-4H3/b7-5-,9-6+. The first-order chi connectivity index (χ1) is 5.35. The zero-order chi connectivity index (χ0) is 9.78. The van der Waals surface area contributed by atoms with Crippen LogP contribution in [0.3, 0.4) is 0 Å². The van der Waals surface area contributed by atoms with Gasteiger partial charge in [0, 0.05) is 22.2 Å². The zero-order valence-corrected chi connectivity index (χ0v) is 10.1. The van der Waals surface area contributed by atoms with Crippen molar-refractivity contribution in [3.63, 3.8) is 0 Å². The molecule has 0 radical (unpaired) electrons. The van der Waals surface area contributed by atoms with Gasteiger partial charge in [-0.15, -0.1) is 0 Å². The Hall–Kier alpha value is -0.160. The van der Waals surface area contributed by atoms with E-state index >= 15 is 0 Å². The number of halogens is 1. The maximum atomic E-state index is 11.2. The molecule has 5 heteroatoms. The molecule has 0 aliphatic rings. The summed E-state index contributed by atoms with van der Waals surface area (Å²) >= 11 is 3.21. The molecule has 70 valence electrons. The minimum absolute atomic E-state index is 0.523. The molecule has 0 saturated heterocycles. The molecular weight excluding hydrogens is 240 g/mol. The molecule has 0 aliphatic carbocycles. The van der Waals surface area contributed by atoms with Gasteiger partial charge in [-0.3, -0.25) is 0 Å². The normalized spacial score (nSPS) is 14.8. The predicted molar refractivity (Wildman–Crippen MR) is 58.2 cm³/mol. The summed E-state index contributed by atoms with van der Waals surface area (Å²) in [6.45, 7) is 3.58. The van der Waals surface area contributed by atoms with E-state index in [0.717, 1.165) is 0 Å². The molecule has 0 saturated carbocycles. The molecule has 0 aromatic heterocycles. The van der Waals surface area contributed by atoms with Crippen molar-refractivity contribution in [3.8, 4) is 0 Å². The summed E-state index contributed by atoms with van der Waals surface area (Å²) in [5.74, 6) is 0.523. The van der Waals surface area contributed by atoms with Gasteiger partial charge in [0.1, 0.15) is 10.4 Å². The van der Waals surface area contributed by atoms with Crippen LogP contribution in [0, 0.1) is 0 Å². The summed E-state index contributed by atoms with van der Waals surface area (Å²) in [4.78, 5) is 4.03. The maximum absolute atomic E-state index is 11.2. The Morgan fingerprint density at radius 1 is 1.50 bits per heavy atom. The molecule has 0 aromatic rings. The van der Waals surface area contributed by atoms with E-state index < -0.39 is 9.73 Å². The van der Waals surface area contributed by atoms with E-state index in [9.17, 15) is 4.21 Å². The fourth-order valence-electron chi connectivity index (χ4n) is 0.558. The second kappa shape index (κ2) is 4.77. The molecule has 0 amide bonds. The molecule has 0 fully saturated rings. The molecule has 0 atom stereocenters. The fourth-order valence-corrected chi connectivity index (χ4v) is 1.49. The first kappa shape index (κ1) is 11.8. The number of aliphatic imine (C=N–C) groups is 1. The largest absolute Gasteiger partial charge is 0.250 e. The lowest BCUT2D eigenvalue weighted by molar-refractivity contribution is 0.685. The Morgan fingerprint density at radius 2 is 2.00 bits per heavy atom. The van der Waals surface area contributed by atoms with Gasteiger partial charge in [-0.25, -0.2) is 9.20 Å². The lowest BCUT2D eigenvalue weighted by Crippen LogP contribution is -1.96. The predicted octanol–water partition coefficient (Wildman–Crippen LogP) is 2.39. The number of hydrogen-bond acceptors (Lipinski definition) is 2. The summed E-state index contributed by atoms with van der Waals surface area (Å²) in [5.41, 5.74) is 0. The highest BCUT2D eigenvalue weighted by Crippen LogP contribution is 2.06. The van der Waals surface area contributed by atoms with Crippen molar-refractivity contribution in [2.75, 3.05) is 12.5 Å². The third-order valence-electron chi connectivity index (χ3n) is 0.859. The Bertz CT molecular complexity index is 316. The van der Waals surface area contributed by atoms with Crippen molar-refractivity contribution in [3.05, 3.63) is 10.7 Å². The summed E-state index contributed by atoms with van der Waals surface area (Å²) in [5, 5.41) is 0. The van der Waals surface area contributed by atoms with Crippen LogP contribution in [0.4, 0.5) is 0 Å².